The average molecular weight is 443 g/mol. The molecule has 2 aromatic carbocycles. The molecule has 3 N–H and O–H groups in total. The molecule has 0 bridgehead atoms. The van der Waals surface area contributed by atoms with Crippen LogP contribution >= 0.6 is 0 Å². The molecule has 0 aliphatic carbocycles. The van der Waals surface area contributed by atoms with Crippen molar-refractivity contribution >= 4 is 27.8 Å². The summed E-state index contributed by atoms with van der Waals surface area (Å²) in [5.74, 6) is 0.668. The zero-order valence-corrected chi connectivity index (χ0v) is 17.5. The quantitative estimate of drug-likeness (QED) is 0.369. The number of fused-ring (bicyclic) bond motifs is 2. The van der Waals surface area contributed by atoms with Gasteiger partial charge in [0.2, 0.25) is 0 Å². The van der Waals surface area contributed by atoms with E-state index in [0.29, 0.717) is 58.0 Å². The Morgan fingerprint density at radius 2 is 2.00 bits per heavy atom. The first-order valence-corrected chi connectivity index (χ1v) is 10.1. The molecule has 0 unspecified atom stereocenters. The first-order valence-electron chi connectivity index (χ1n) is 10.1. The van der Waals surface area contributed by atoms with Crippen LogP contribution in [0.1, 0.15) is 5.69 Å². The van der Waals surface area contributed by atoms with Gasteiger partial charge < -0.3 is 24.6 Å². The highest BCUT2D eigenvalue weighted by Gasteiger charge is 2.16. The van der Waals surface area contributed by atoms with E-state index in [0.717, 1.165) is 5.56 Å². The van der Waals surface area contributed by atoms with Crippen molar-refractivity contribution in [1.29, 1.82) is 5.26 Å². The predicted molar refractivity (Wildman–Crippen MR) is 122 cm³/mol. The number of ether oxygens (including phenoxy) is 1. The van der Waals surface area contributed by atoms with Gasteiger partial charge in [-0.25, -0.2) is 19.2 Å². The third kappa shape index (κ3) is 3.65. The smallest absolute Gasteiger partial charge is 0.323 e. The molecule has 0 atom stereocenters. The van der Waals surface area contributed by atoms with E-state index < -0.39 is 5.82 Å². The van der Waals surface area contributed by atoms with Crippen molar-refractivity contribution in [1.82, 2.24) is 24.5 Å². The van der Waals surface area contributed by atoms with Gasteiger partial charge in [0.15, 0.2) is 0 Å². The maximum Gasteiger partial charge on any atom is 0.323 e. The van der Waals surface area contributed by atoms with Crippen LogP contribution in [0, 0.1) is 17.1 Å². The van der Waals surface area contributed by atoms with Gasteiger partial charge in [0.05, 0.1) is 29.4 Å². The van der Waals surface area contributed by atoms with Crippen molar-refractivity contribution in [2.24, 2.45) is 0 Å². The van der Waals surface area contributed by atoms with Crippen molar-refractivity contribution in [2.45, 2.75) is 6.54 Å². The van der Waals surface area contributed by atoms with E-state index in [4.69, 9.17) is 4.74 Å². The van der Waals surface area contributed by atoms with Gasteiger partial charge in [-0.2, -0.15) is 5.26 Å². The second-order valence-electron chi connectivity index (χ2n) is 7.36. The van der Waals surface area contributed by atoms with Crippen LogP contribution in [0.3, 0.4) is 0 Å². The molecule has 0 fully saturated rings. The Bertz CT molecular complexity index is 1590. The minimum atomic E-state index is -0.421. The minimum absolute atomic E-state index is 0.268. The molecule has 5 rings (SSSR count). The molecule has 0 aliphatic rings. The van der Waals surface area contributed by atoms with Gasteiger partial charge in [-0.05, 0) is 30.3 Å². The SMILES string of the molecule is COc1ccc(F)c2c1cc(C#N)n2CCNc1cc(-c2ccc3[nH]c(=O)[nH]c3c2)ncn1. The lowest BCUT2D eigenvalue weighted by molar-refractivity contribution is 0.419. The summed E-state index contributed by atoms with van der Waals surface area (Å²) in [5.41, 5.74) is 3.29. The largest absolute Gasteiger partial charge is 0.496 e. The number of H-pyrrole nitrogens is 2. The summed E-state index contributed by atoms with van der Waals surface area (Å²) in [6.07, 6.45) is 1.44. The van der Waals surface area contributed by atoms with Gasteiger partial charge in [-0.15, -0.1) is 0 Å². The third-order valence-electron chi connectivity index (χ3n) is 5.42. The topological polar surface area (TPSA) is 124 Å². The van der Waals surface area contributed by atoms with E-state index in [9.17, 15) is 14.4 Å². The number of nitrogens with one attached hydrogen (secondary N) is 3. The lowest BCUT2D eigenvalue weighted by Gasteiger charge is -2.11. The fraction of sp³-hybridized carbons (Fsp3) is 0.130. The molecule has 3 aromatic heterocycles. The number of anilines is 1. The summed E-state index contributed by atoms with van der Waals surface area (Å²) >= 11 is 0. The monoisotopic (exact) mass is 443 g/mol. The lowest BCUT2D eigenvalue weighted by Crippen LogP contribution is -2.13. The molecule has 5 aromatic rings. The summed E-state index contributed by atoms with van der Waals surface area (Å²) in [6, 6.07) is 13.9. The molecule has 0 spiro atoms. The molecular weight excluding hydrogens is 425 g/mol. The van der Waals surface area contributed by atoms with Crippen molar-refractivity contribution in [3.63, 3.8) is 0 Å². The second kappa shape index (κ2) is 8.12. The van der Waals surface area contributed by atoms with Crippen LogP contribution in [0.2, 0.25) is 0 Å². The molecule has 0 amide bonds. The molecule has 10 heteroatoms. The molecule has 0 saturated heterocycles. The van der Waals surface area contributed by atoms with Gasteiger partial charge in [-0.1, -0.05) is 6.07 Å². The van der Waals surface area contributed by atoms with Crippen molar-refractivity contribution < 1.29 is 9.13 Å². The van der Waals surface area contributed by atoms with Crippen LogP contribution < -0.4 is 15.7 Å². The van der Waals surface area contributed by atoms with E-state index in [1.807, 2.05) is 12.1 Å². The first kappa shape index (κ1) is 20.3. The van der Waals surface area contributed by atoms with E-state index in [-0.39, 0.29) is 5.69 Å². The molecule has 0 aliphatic heterocycles. The van der Waals surface area contributed by atoms with Gasteiger partial charge in [0.25, 0.3) is 0 Å². The number of aromatic amines is 2. The van der Waals surface area contributed by atoms with E-state index in [1.165, 1.54) is 19.5 Å². The Morgan fingerprint density at radius 1 is 1.15 bits per heavy atom. The number of hydrogen-bond acceptors (Lipinski definition) is 6. The van der Waals surface area contributed by atoms with Crippen LogP contribution in [0.15, 0.2) is 53.6 Å². The minimum Gasteiger partial charge on any atom is -0.496 e. The number of methoxy groups -OCH3 is 1. The van der Waals surface area contributed by atoms with Gasteiger partial charge in [0.1, 0.15) is 35.5 Å². The summed E-state index contributed by atoms with van der Waals surface area (Å²) in [6.45, 7) is 0.738. The molecule has 0 radical (unpaired) electrons. The molecule has 9 nitrogen and oxygen atoms in total. The van der Waals surface area contributed by atoms with Crippen LogP contribution in [0.25, 0.3) is 33.2 Å². The Labute approximate surface area is 186 Å². The predicted octanol–water partition coefficient (Wildman–Crippen LogP) is 3.40. The molecular formula is C23H18FN7O2. The number of imidazole rings is 1. The number of nitriles is 1. The molecule has 164 valence electrons. The molecule has 33 heavy (non-hydrogen) atoms. The Kier molecular flexibility index (Phi) is 4.99. The van der Waals surface area contributed by atoms with E-state index in [2.05, 4.69) is 31.3 Å². The Balaban J connectivity index is 1.38. The number of nitrogens with zero attached hydrogens (tertiary/aromatic N) is 4. The van der Waals surface area contributed by atoms with E-state index in [1.54, 1.807) is 28.8 Å². The summed E-state index contributed by atoms with van der Waals surface area (Å²) in [5, 5.41) is 13.3. The van der Waals surface area contributed by atoms with Crippen LogP contribution in [0.4, 0.5) is 10.2 Å². The summed E-state index contributed by atoms with van der Waals surface area (Å²) in [7, 11) is 1.51. The Morgan fingerprint density at radius 3 is 2.82 bits per heavy atom. The maximum absolute atomic E-state index is 14.6. The maximum atomic E-state index is 14.6. The zero-order chi connectivity index (χ0) is 22.9. The van der Waals surface area contributed by atoms with Crippen molar-refractivity contribution in [2.75, 3.05) is 19.0 Å². The average Bonchev–Trinajstić information content (AvgIpc) is 3.39. The molecule has 3 heterocycles. The summed E-state index contributed by atoms with van der Waals surface area (Å²) in [4.78, 5) is 25.5. The van der Waals surface area contributed by atoms with E-state index >= 15 is 0 Å². The third-order valence-corrected chi connectivity index (χ3v) is 5.42. The number of hydrogen-bond donors (Lipinski definition) is 3. The van der Waals surface area contributed by atoms with Crippen LogP contribution in [0.5, 0.6) is 5.75 Å². The van der Waals surface area contributed by atoms with Crippen LogP contribution in [-0.2, 0) is 6.54 Å². The number of rotatable bonds is 6. The van der Waals surface area contributed by atoms with Gasteiger partial charge in [0, 0.05) is 30.1 Å². The van der Waals surface area contributed by atoms with Crippen molar-refractivity contribution in [3.8, 4) is 23.1 Å². The zero-order valence-electron chi connectivity index (χ0n) is 17.5. The lowest BCUT2D eigenvalue weighted by atomic mass is 10.1. The fourth-order valence-electron chi connectivity index (χ4n) is 3.91. The highest BCUT2D eigenvalue weighted by molar-refractivity contribution is 5.89. The Hall–Kier alpha value is -4.65. The number of aromatic nitrogens is 5. The summed E-state index contributed by atoms with van der Waals surface area (Å²) < 4.78 is 21.5. The highest BCUT2D eigenvalue weighted by Crippen LogP contribution is 2.31. The first-order chi connectivity index (χ1) is 16.1. The van der Waals surface area contributed by atoms with Gasteiger partial charge in [-0.3, -0.25) is 0 Å². The second-order valence-corrected chi connectivity index (χ2v) is 7.36. The fourth-order valence-corrected chi connectivity index (χ4v) is 3.91. The van der Waals surface area contributed by atoms with Crippen molar-refractivity contribution in [3.05, 3.63) is 70.8 Å². The van der Waals surface area contributed by atoms with Gasteiger partial charge >= 0.3 is 5.69 Å². The highest BCUT2D eigenvalue weighted by atomic mass is 19.1. The normalized spacial score (nSPS) is 11.1. The number of benzene rings is 2. The van der Waals surface area contributed by atoms with Crippen LogP contribution in [-0.4, -0.2) is 38.2 Å². The number of halogens is 1. The molecule has 0 saturated carbocycles. The standard InChI is InChI=1S/C23H18FN7O2/c1-33-20-5-3-16(24)22-15(20)9-14(11-25)31(22)7-6-26-21-10-18(27-12-28-21)13-2-4-17-19(8-13)30-23(32)29-17/h2-5,8-10,12H,6-7H2,1H3,(H,26,27,28)(H2,29,30,32).